The molecule has 5 nitrogen and oxygen atoms in total. The van der Waals surface area contributed by atoms with Crippen molar-refractivity contribution in [2.45, 2.75) is 33.3 Å². The van der Waals surface area contributed by atoms with Crippen molar-refractivity contribution < 1.29 is 5.11 Å². The Morgan fingerprint density at radius 2 is 2.19 bits per heavy atom. The second kappa shape index (κ2) is 4.65. The maximum Gasteiger partial charge on any atom is 0.252 e. The second-order valence-corrected chi connectivity index (χ2v) is 4.52. The molecule has 90 valence electrons. The molecule has 0 saturated carbocycles. The van der Waals surface area contributed by atoms with Gasteiger partial charge in [-0.1, -0.05) is 0 Å². The molecule has 0 aliphatic heterocycles. The third-order valence-corrected chi connectivity index (χ3v) is 2.13. The van der Waals surface area contributed by atoms with Crippen molar-refractivity contribution in [2.24, 2.45) is 0 Å². The van der Waals surface area contributed by atoms with Crippen molar-refractivity contribution in [1.82, 2.24) is 9.97 Å². The van der Waals surface area contributed by atoms with Gasteiger partial charge in [-0.15, -0.1) is 0 Å². The zero-order valence-corrected chi connectivity index (χ0v) is 10.2. The summed E-state index contributed by atoms with van der Waals surface area (Å²) in [5.41, 5.74) is -0.981. The average Bonchev–Trinajstić information content (AvgIpc) is 2.11. The van der Waals surface area contributed by atoms with E-state index in [1.54, 1.807) is 20.8 Å². The van der Waals surface area contributed by atoms with Crippen LogP contribution in [0.4, 0.5) is 5.82 Å². The normalized spacial score (nSPS) is 11.6. The van der Waals surface area contributed by atoms with E-state index < -0.39 is 5.60 Å². The van der Waals surface area contributed by atoms with E-state index in [1.165, 1.54) is 6.07 Å². The summed E-state index contributed by atoms with van der Waals surface area (Å²) in [5, 5.41) is 9.76. The lowest BCUT2D eigenvalue weighted by atomic mass is 10.1. The van der Waals surface area contributed by atoms with Crippen LogP contribution >= 0.6 is 0 Å². The summed E-state index contributed by atoms with van der Waals surface area (Å²) in [4.78, 5) is 20.0. The number of aryl methyl sites for hydroxylation is 1. The first-order valence-electron chi connectivity index (χ1n) is 5.37. The van der Waals surface area contributed by atoms with Crippen molar-refractivity contribution in [3.05, 3.63) is 22.2 Å². The molecule has 2 N–H and O–H groups in total. The van der Waals surface area contributed by atoms with Gasteiger partial charge in [0, 0.05) is 19.2 Å². The van der Waals surface area contributed by atoms with Gasteiger partial charge >= 0.3 is 0 Å². The van der Waals surface area contributed by atoms with Crippen molar-refractivity contribution in [1.29, 1.82) is 0 Å². The molecule has 0 spiro atoms. The number of aromatic amines is 1. The summed E-state index contributed by atoms with van der Waals surface area (Å²) in [6, 6.07) is 1.45. The molecule has 16 heavy (non-hydrogen) atoms. The van der Waals surface area contributed by atoms with Gasteiger partial charge < -0.3 is 15.0 Å². The van der Waals surface area contributed by atoms with E-state index in [0.29, 0.717) is 24.7 Å². The predicted molar refractivity (Wildman–Crippen MR) is 63.8 cm³/mol. The van der Waals surface area contributed by atoms with Crippen molar-refractivity contribution in [3.63, 3.8) is 0 Å². The van der Waals surface area contributed by atoms with Crippen LogP contribution in [0.1, 0.15) is 26.6 Å². The van der Waals surface area contributed by atoms with Gasteiger partial charge in [-0.25, -0.2) is 4.98 Å². The zero-order valence-electron chi connectivity index (χ0n) is 10.2. The van der Waals surface area contributed by atoms with Crippen LogP contribution < -0.4 is 10.5 Å². The third-order valence-electron chi connectivity index (χ3n) is 2.13. The minimum Gasteiger partial charge on any atom is -0.389 e. The maximum absolute atomic E-state index is 11.3. The molecule has 0 saturated heterocycles. The van der Waals surface area contributed by atoms with Crippen LogP contribution in [0.3, 0.4) is 0 Å². The number of hydrogen-bond acceptors (Lipinski definition) is 4. The summed E-state index contributed by atoms with van der Waals surface area (Å²) in [7, 11) is 0. The van der Waals surface area contributed by atoms with E-state index >= 15 is 0 Å². The Balaban J connectivity index is 2.99. The van der Waals surface area contributed by atoms with Gasteiger partial charge in [0.15, 0.2) is 0 Å². The minimum absolute atomic E-state index is 0.170. The molecule has 0 aromatic carbocycles. The highest BCUT2D eigenvalue weighted by Gasteiger charge is 2.18. The number of nitrogens with zero attached hydrogens (tertiary/aromatic N) is 2. The molecule has 0 atom stereocenters. The third kappa shape index (κ3) is 3.66. The topological polar surface area (TPSA) is 69.2 Å². The smallest absolute Gasteiger partial charge is 0.252 e. The largest absolute Gasteiger partial charge is 0.389 e. The molecule has 5 heteroatoms. The second-order valence-electron chi connectivity index (χ2n) is 4.52. The van der Waals surface area contributed by atoms with E-state index in [2.05, 4.69) is 9.97 Å². The van der Waals surface area contributed by atoms with Gasteiger partial charge in [-0.3, -0.25) is 4.79 Å². The number of nitrogens with one attached hydrogen (secondary N) is 1. The molecular formula is C11H19N3O2. The van der Waals surface area contributed by atoms with Crippen molar-refractivity contribution in [2.75, 3.05) is 18.0 Å². The Labute approximate surface area is 95.1 Å². The molecule has 0 amide bonds. The van der Waals surface area contributed by atoms with Gasteiger partial charge in [0.05, 0.1) is 5.60 Å². The number of hydrogen-bond donors (Lipinski definition) is 2. The van der Waals surface area contributed by atoms with Crippen molar-refractivity contribution in [3.8, 4) is 0 Å². The zero-order chi connectivity index (χ0) is 12.3. The maximum atomic E-state index is 11.3. The van der Waals surface area contributed by atoms with Crippen LogP contribution in [0, 0.1) is 6.92 Å². The fourth-order valence-corrected chi connectivity index (χ4v) is 1.55. The number of anilines is 1. The van der Waals surface area contributed by atoms with E-state index in [0.717, 1.165) is 0 Å². The molecular weight excluding hydrogens is 206 g/mol. The van der Waals surface area contributed by atoms with Crippen LogP contribution in [-0.4, -0.2) is 33.8 Å². The van der Waals surface area contributed by atoms with E-state index in [1.807, 2.05) is 11.8 Å². The monoisotopic (exact) mass is 225 g/mol. The molecule has 0 aliphatic rings. The Hall–Kier alpha value is -1.36. The average molecular weight is 225 g/mol. The van der Waals surface area contributed by atoms with Crippen LogP contribution in [0.15, 0.2) is 10.9 Å². The molecule has 0 unspecified atom stereocenters. The lowest BCUT2D eigenvalue weighted by Crippen LogP contribution is -2.39. The Bertz CT molecular complexity index is 406. The van der Waals surface area contributed by atoms with E-state index in [4.69, 9.17) is 0 Å². The van der Waals surface area contributed by atoms with E-state index in [-0.39, 0.29) is 5.56 Å². The van der Waals surface area contributed by atoms with Crippen LogP contribution in [0.5, 0.6) is 0 Å². The molecule has 0 aliphatic carbocycles. The van der Waals surface area contributed by atoms with Gasteiger partial charge in [0.2, 0.25) is 0 Å². The first-order valence-corrected chi connectivity index (χ1v) is 5.37. The van der Waals surface area contributed by atoms with Gasteiger partial charge in [0.25, 0.3) is 5.56 Å². The lowest BCUT2D eigenvalue weighted by Gasteiger charge is -2.28. The first kappa shape index (κ1) is 12.7. The molecule has 0 fully saturated rings. The van der Waals surface area contributed by atoms with Gasteiger partial charge in [-0.05, 0) is 27.7 Å². The molecule has 1 aromatic rings. The number of likely N-dealkylation sites (N-methyl/N-ethyl adjacent to an activating group) is 1. The highest BCUT2D eigenvalue weighted by Crippen LogP contribution is 2.12. The quantitative estimate of drug-likeness (QED) is 0.790. The fraction of sp³-hybridized carbons (Fsp3) is 0.636. The Kier molecular flexibility index (Phi) is 3.70. The van der Waals surface area contributed by atoms with Crippen LogP contribution in [0.25, 0.3) is 0 Å². The first-order chi connectivity index (χ1) is 7.31. The standard InChI is InChI=1S/C11H19N3O2/c1-5-14(7-11(3,4)16)9-6-10(15)13-8(2)12-9/h6,16H,5,7H2,1-4H3,(H,12,13,15). The molecule has 0 radical (unpaired) electrons. The summed E-state index contributed by atoms with van der Waals surface area (Å²) in [6.45, 7) is 8.30. The Morgan fingerprint density at radius 1 is 1.56 bits per heavy atom. The van der Waals surface area contributed by atoms with Crippen LogP contribution in [-0.2, 0) is 0 Å². The lowest BCUT2D eigenvalue weighted by molar-refractivity contribution is 0.0874. The number of H-pyrrole nitrogens is 1. The predicted octanol–water partition coefficient (Wildman–Crippen LogP) is 0.676. The van der Waals surface area contributed by atoms with Gasteiger partial charge in [0.1, 0.15) is 11.6 Å². The number of rotatable bonds is 4. The fourth-order valence-electron chi connectivity index (χ4n) is 1.55. The molecule has 1 aromatic heterocycles. The van der Waals surface area contributed by atoms with Crippen LogP contribution in [0.2, 0.25) is 0 Å². The van der Waals surface area contributed by atoms with Crippen molar-refractivity contribution >= 4 is 5.82 Å². The summed E-state index contributed by atoms with van der Waals surface area (Å²) < 4.78 is 0. The summed E-state index contributed by atoms with van der Waals surface area (Å²) >= 11 is 0. The molecule has 0 bridgehead atoms. The van der Waals surface area contributed by atoms with Gasteiger partial charge in [-0.2, -0.15) is 0 Å². The SMILES string of the molecule is CCN(CC(C)(C)O)c1cc(=O)[nH]c(C)n1. The summed E-state index contributed by atoms with van der Waals surface area (Å²) in [5.74, 6) is 1.18. The highest BCUT2D eigenvalue weighted by atomic mass is 16.3. The summed E-state index contributed by atoms with van der Waals surface area (Å²) in [6.07, 6.45) is 0. The Morgan fingerprint density at radius 3 is 2.62 bits per heavy atom. The minimum atomic E-state index is -0.811. The molecule has 1 heterocycles. The number of aliphatic hydroxyl groups is 1. The molecule has 1 rings (SSSR count). The van der Waals surface area contributed by atoms with E-state index in [9.17, 15) is 9.90 Å². The highest BCUT2D eigenvalue weighted by molar-refractivity contribution is 5.37. The number of aromatic nitrogens is 2.